The van der Waals surface area contributed by atoms with E-state index in [1.165, 1.54) is 24.5 Å². The van der Waals surface area contributed by atoms with E-state index in [1.54, 1.807) is 13.0 Å². The van der Waals surface area contributed by atoms with E-state index >= 15 is 0 Å². The van der Waals surface area contributed by atoms with Crippen LogP contribution in [0.15, 0.2) is 42.0 Å². The van der Waals surface area contributed by atoms with E-state index < -0.39 is 12.1 Å². The molecular formula is C22H29NO4. The molecule has 0 aromatic heterocycles. The second kappa shape index (κ2) is 11.2. The van der Waals surface area contributed by atoms with E-state index in [1.807, 2.05) is 31.2 Å². The predicted octanol–water partition coefficient (Wildman–Crippen LogP) is 4.04. The van der Waals surface area contributed by atoms with Gasteiger partial charge in [-0.05, 0) is 69.7 Å². The first-order valence-corrected chi connectivity index (χ1v) is 9.65. The van der Waals surface area contributed by atoms with Crippen LogP contribution in [0.5, 0.6) is 5.75 Å². The summed E-state index contributed by atoms with van der Waals surface area (Å²) in [7, 11) is 0. The normalized spacial score (nSPS) is 15.1. The Balaban J connectivity index is 1.71. The number of allylic oxidation sites excluding steroid dienone is 1. The maximum Gasteiger partial charge on any atom is 0.331 e. The number of esters is 1. The van der Waals surface area contributed by atoms with Crippen molar-refractivity contribution < 1.29 is 19.1 Å². The standard InChI is InChI=1S/C22H29NO4/c1-3-26-20-12-9-19(10-13-20)11-14-21(24)27-17(2)22(25)23-16-15-18-7-5-4-6-8-18/h7,9-14,17H,3-6,8,15-16H2,1-2H3,(H,23,25)/b14-11+/t17-/m1/s1. The molecule has 1 N–H and O–H groups in total. The van der Waals surface area contributed by atoms with Gasteiger partial charge in [-0.2, -0.15) is 0 Å². The van der Waals surface area contributed by atoms with Crippen LogP contribution < -0.4 is 10.1 Å². The molecular weight excluding hydrogens is 342 g/mol. The molecule has 0 saturated carbocycles. The first-order chi connectivity index (χ1) is 13.1. The summed E-state index contributed by atoms with van der Waals surface area (Å²) in [5.41, 5.74) is 2.26. The third-order valence-electron chi connectivity index (χ3n) is 4.40. The molecule has 5 heteroatoms. The molecule has 0 heterocycles. The van der Waals surface area contributed by atoms with Gasteiger partial charge in [-0.25, -0.2) is 4.79 Å². The van der Waals surface area contributed by atoms with E-state index in [0.29, 0.717) is 13.2 Å². The molecule has 1 aromatic rings. The van der Waals surface area contributed by atoms with E-state index in [-0.39, 0.29) is 5.91 Å². The molecule has 5 nitrogen and oxygen atoms in total. The lowest BCUT2D eigenvalue weighted by Gasteiger charge is -2.15. The topological polar surface area (TPSA) is 64.6 Å². The molecule has 27 heavy (non-hydrogen) atoms. The fourth-order valence-electron chi connectivity index (χ4n) is 2.89. The highest BCUT2D eigenvalue weighted by atomic mass is 16.5. The minimum atomic E-state index is -0.817. The van der Waals surface area contributed by atoms with Gasteiger partial charge in [0, 0.05) is 12.6 Å². The molecule has 1 aliphatic carbocycles. The summed E-state index contributed by atoms with van der Waals surface area (Å²) in [6.07, 6.45) is 10.0. The smallest absolute Gasteiger partial charge is 0.331 e. The summed E-state index contributed by atoms with van der Waals surface area (Å²) in [6, 6.07) is 7.38. The van der Waals surface area contributed by atoms with Crippen molar-refractivity contribution in [1.82, 2.24) is 5.32 Å². The molecule has 1 atom stereocenters. The molecule has 146 valence electrons. The van der Waals surface area contributed by atoms with Crippen molar-refractivity contribution in [2.75, 3.05) is 13.2 Å². The summed E-state index contributed by atoms with van der Waals surface area (Å²) in [5, 5.41) is 2.83. The van der Waals surface area contributed by atoms with Crippen LogP contribution in [0.2, 0.25) is 0 Å². The summed E-state index contributed by atoms with van der Waals surface area (Å²) >= 11 is 0. The van der Waals surface area contributed by atoms with E-state index in [9.17, 15) is 9.59 Å². The number of hydrogen-bond donors (Lipinski definition) is 1. The van der Waals surface area contributed by atoms with Gasteiger partial charge in [-0.1, -0.05) is 23.8 Å². The maximum atomic E-state index is 12.0. The van der Waals surface area contributed by atoms with Crippen LogP contribution in [0.3, 0.4) is 0 Å². The molecule has 1 aliphatic rings. The molecule has 0 aliphatic heterocycles. The quantitative estimate of drug-likeness (QED) is 0.404. The minimum absolute atomic E-state index is 0.269. The largest absolute Gasteiger partial charge is 0.494 e. The van der Waals surface area contributed by atoms with Crippen molar-refractivity contribution in [3.8, 4) is 5.75 Å². The summed E-state index contributed by atoms with van der Waals surface area (Å²) in [5.74, 6) is -0.0257. The number of nitrogens with one attached hydrogen (secondary N) is 1. The lowest BCUT2D eigenvalue weighted by molar-refractivity contribution is -0.150. The Morgan fingerprint density at radius 3 is 2.67 bits per heavy atom. The van der Waals surface area contributed by atoms with Crippen LogP contribution in [0.25, 0.3) is 6.08 Å². The van der Waals surface area contributed by atoms with Crippen LogP contribution in [0.1, 0.15) is 51.5 Å². The van der Waals surface area contributed by atoms with Crippen molar-refractivity contribution >= 4 is 18.0 Å². The number of amides is 1. The molecule has 0 spiro atoms. The molecule has 0 saturated heterocycles. The van der Waals surface area contributed by atoms with Crippen molar-refractivity contribution in [3.63, 3.8) is 0 Å². The van der Waals surface area contributed by atoms with Gasteiger partial charge in [0.15, 0.2) is 6.10 Å². The second-order valence-corrected chi connectivity index (χ2v) is 6.56. The highest BCUT2D eigenvalue weighted by molar-refractivity contribution is 5.90. The maximum absolute atomic E-state index is 12.0. The van der Waals surface area contributed by atoms with Crippen LogP contribution in [0, 0.1) is 0 Å². The molecule has 1 amide bonds. The first kappa shape index (κ1) is 20.7. The molecule has 0 bridgehead atoms. The van der Waals surface area contributed by atoms with E-state index in [4.69, 9.17) is 9.47 Å². The Kier molecular flexibility index (Phi) is 8.62. The van der Waals surface area contributed by atoms with Crippen molar-refractivity contribution in [2.24, 2.45) is 0 Å². The summed E-state index contributed by atoms with van der Waals surface area (Å²) in [4.78, 5) is 23.9. The average molecular weight is 371 g/mol. The first-order valence-electron chi connectivity index (χ1n) is 9.65. The molecule has 2 rings (SSSR count). The van der Waals surface area contributed by atoms with Gasteiger partial charge in [0.05, 0.1) is 6.61 Å². The summed E-state index contributed by atoms with van der Waals surface area (Å²) < 4.78 is 10.5. The number of carbonyl (C=O) groups is 2. The lowest BCUT2D eigenvalue weighted by Crippen LogP contribution is -2.36. The number of benzene rings is 1. The van der Waals surface area contributed by atoms with Gasteiger partial charge in [0.2, 0.25) is 0 Å². The Bertz CT molecular complexity index is 676. The van der Waals surface area contributed by atoms with Crippen LogP contribution in [-0.4, -0.2) is 31.1 Å². The monoisotopic (exact) mass is 371 g/mol. The van der Waals surface area contributed by atoms with Gasteiger partial charge in [0.1, 0.15) is 5.75 Å². The van der Waals surface area contributed by atoms with Crippen LogP contribution >= 0.6 is 0 Å². The second-order valence-electron chi connectivity index (χ2n) is 6.56. The number of carbonyl (C=O) groups excluding carboxylic acids is 2. The van der Waals surface area contributed by atoms with E-state index in [2.05, 4.69) is 11.4 Å². The zero-order chi connectivity index (χ0) is 19.5. The van der Waals surface area contributed by atoms with Gasteiger partial charge in [-0.3, -0.25) is 4.79 Å². The number of ether oxygens (including phenoxy) is 2. The highest BCUT2D eigenvalue weighted by Gasteiger charge is 2.16. The SMILES string of the molecule is CCOc1ccc(/C=C/C(=O)O[C@H](C)C(=O)NCCC2=CCCCC2)cc1. The molecule has 0 fully saturated rings. The summed E-state index contributed by atoms with van der Waals surface area (Å²) in [6.45, 7) is 4.69. The van der Waals surface area contributed by atoms with Gasteiger partial charge >= 0.3 is 5.97 Å². The zero-order valence-corrected chi connectivity index (χ0v) is 16.2. The Labute approximate surface area is 161 Å². The van der Waals surface area contributed by atoms with Crippen molar-refractivity contribution in [1.29, 1.82) is 0 Å². The third kappa shape index (κ3) is 7.69. The van der Waals surface area contributed by atoms with Gasteiger partial charge in [0.25, 0.3) is 5.91 Å². The molecule has 0 unspecified atom stereocenters. The van der Waals surface area contributed by atoms with Crippen LogP contribution in [0.4, 0.5) is 0 Å². The highest BCUT2D eigenvalue weighted by Crippen LogP contribution is 2.19. The zero-order valence-electron chi connectivity index (χ0n) is 16.2. The lowest BCUT2D eigenvalue weighted by atomic mass is 9.97. The third-order valence-corrected chi connectivity index (χ3v) is 4.40. The van der Waals surface area contributed by atoms with Crippen LogP contribution in [-0.2, 0) is 14.3 Å². The Hall–Kier alpha value is -2.56. The van der Waals surface area contributed by atoms with Gasteiger partial charge < -0.3 is 14.8 Å². The van der Waals surface area contributed by atoms with Crippen molar-refractivity contribution in [2.45, 2.75) is 52.1 Å². The fourth-order valence-corrected chi connectivity index (χ4v) is 2.89. The average Bonchev–Trinajstić information content (AvgIpc) is 2.68. The van der Waals surface area contributed by atoms with E-state index in [0.717, 1.165) is 30.6 Å². The Morgan fingerprint density at radius 2 is 2.00 bits per heavy atom. The predicted molar refractivity (Wildman–Crippen MR) is 106 cm³/mol. The number of rotatable bonds is 9. The van der Waals surface area contributed by atoms with Crippen molar-refractivity contribution in [3.05, 3.63) is 47.6 Å². The Morgan fingerprint density at radius 1 is 1.22 bits per heavy atom. The minimum Gasteiger partial charge on any atom is -0.494 e. The molecule has 0 radical (unpaired) electrons. The van der Waals surface area contributed by atoms with Gasteiger partial charge in [-0.15, -0.1) is 0 Å². The molecule has 1 aromatic carbocycles. The number of hydrogen-bond acceptors (Lipinski definition) is 4. The fraction of sp³-hybridized carbons (Fsp3) is 0.455.